The molecular formula is C13H14N2O3S. The van der Waals surface area contributed by atoms with Crippen LogP contribution in [0.25, 0.3) is 11.4 Å². The van der Waals surface area contributed by atoms with E-state index in [9.17, 15) is 9.90 Å². The Morgan fingerprint density at radius 1 is 1.47 bits per heavy atom. The predicted molar refractivity (Wildman–Crippen MR) is 70.1 cm³/mol. The number of aliphatic carboxylic acids is 1. The number of rotatable bonds is 3. The van der Waals surface area contributed by atoms with Gasteiger partial charge in [-0.05, 0) is 30.7 Å². The van der Waals surface area contributed by atoms with Crippen LogP contribution in [-0.4, -0.2) is 21.2 Å². The lowest BCUT2D eigenvalue weighted by Gasteiger charge is -2.09. The molecular weight excluding hydrogens is 264 g/mol. The van der Waals surface area contributed by atoms with Gasteiger partial charge in [0.25, 0.3) is 0 Å². The molecule has 19 heavy (non-hydrogen) atoms. The van der Waals surface area contributed by atoms with Crippen LogP contribution in [-0.2, 0) is 4.79 Å². The average Bonchev–Trinajstić information content (AvgIpc) is 3.06. The molecule has 1 saturated carbocycles. The zero-order chi connectivity index (χ0) is 13.4. The second kappa shape index (κ2) is 4.77. The number of aryl methyl sites for hydroxylation is 1. The van der Waals surface area contributed by atoms with Gasteiger partial charge in [0.1, 0.15) is 0 Å². The molecule has 2 aromatic heterocycles. The topological polar surface area (TPSA) is 76.2 Å². The number of aromatic nitrogens is 2. The summed E-state index contributed by atoms with van der Waals surface area (Å²) >= 11 is 1.59. The highest BCUT2D eigenvalue weighted by Gasteiger charge is 2.37. The van der Waals surface area contributed by atoms with Crippen molar-refractivity contribution in [3.63, 3.8) is 0 Å². The molecule has 2 aromatic rings. The van der Waals surface area contributed by atoms with Crippen LogP contribution in [0, 0.1) is 12.8 Å². The number of hydrogen-bond acceptors (Lipinski definition) is 5. The van der Waals surface area contributed by atoms with Gasteiger partial charge in [0.05, 0.1) is 11.8 Å². The van der Waals surface area contributed by atoms with Gasteiger partial charge in [-0.3, -0.25) is 4.79 Å². The Labute approximate surface area is 114 Å². The van der Waals surface area contributed by atoms with E-state index in [1.807, 2.05) is 17.7 Å². The molecule has 1 aliphatic carbocycles. The first-order valence-corrected chi connectivity index (χ1v) is 7.20. The quantitative estimate of drug-likeness (QED) is 0.933. The summed E-state index contributed by atoms with van der Waals surface area (Å²) in [6.07, 6.45) is 2.40. The first kappa shape index (κ1) is 12.3. The van der Waals surface area contributed by atoms with Gasteiger partial charge in [0, 0.05) is 10.9 Å². The van der Waals surface area contributed by atoms with E-state index >= 15 is 0 Å². The van der Waals surface area contributed by atoms with Crippen molar-refractivity contribution in [3.8, 4) is 11.4 Å². The van der Waals surface area contributed by atoms with Crippen molar-refractivity contribution in [2.45, 2.75) is 32.1 Å². The Bertz CT molecular complexity index is 605. The monoisotopic (exact) mass is 278 g/mol. The maximum absolute atomic E-state index is 11.2. The predicted octanol–water partition coefficient (Wildman–Crippen LogP) is 3.07. The molecule has 2 heterocycles. The Kier molecular flexibility index (Phi) is 3.10. The number of carboxylic acid groups (broad SMARTS) is 1. The van der Waals surface area contributed by atoms with Crippen molar-refractivity contribution in [1.29, 1.82) is 0 Å². The Morgan fingerprint density at radius 3 is 3.00 bits per heavy atom. The van der Waals surface area contributed by atoms with Crippen molar-refractivity contribution >= 4 is 17.3 Å². The van der Waals surface area contributed by atoms with Crippen molar-refractivity contribution in [2.75, 3.05) is 0 Å². The molecule has 6 heteroatoms. The van der Waals surface area contributed by atoms with Gasteiger partial charge in [0.15, 0.2) is 0 Å². The number of hydrogen-bond donors (Lipinski definition) is 1. The van der Waals surface area contributed by atoms with Crippen LogP contribution in [0.15, 0.2) is 15.3 Å². The maximum Gasteiger partial charge on any atom is 0.307 e. The zero-order valence-corrected chi connectivity index (χ0v) is 11.3. The lowest BCUT2D eigenvalue weighted by atomic mass is 9.96. The van der Waals surface area contributed by atoms with Gasteiger partial charge in [-0.1, -0.05) is 11.6 Å². The molecule has 5 nitrogen and oxygen atoms in total. The van der Waals surface area contributed by atoms with Crippen LogP contribution in [0.3, 0.4) is 0 Å². The fraction of sp³-hybridized carbons (Fsp3) is 0.462. The molecule has 0 bridgehead atoms. The zero-order valence-electron chi connectivity index (χ0n) is 10.5. The van der Waals surface area contributed by atoms with Crippen LogP contribution in [0.4, 0.5) is 0 Å². The minimum absolute atomic E-state index is 0.141. The van der Waals surface area contributed by atoms with Crippen LogP contribution < -0.4 is 0 Å². The van der Waals surface area contributed by atoms with Crippen LogP contribution in [0.1, 0.15) is 36.6 Å². The summed E-state index contributed by atoms with van der Waals surface area (Å²) in [6, 6.07) is 0. The smallest absolute Gasteiger partial charge is 0.307 e. The summed E-state index contributed by atoms with van der Waals surface area (Å²) in [4.78, 5) is 15.6. The van der Waals surface area contributed by atoms with Crippen LogP contribution in [0.2, 0.25) is 0 Å². The van der Waals surface area contributed by atoms with Crippen molar-refractivity contribution in [3.05, 3.63) is 22.2 Å². The van der Waals surface area contributed by atoms with Crippen molar-refractivity contribution in [2.24, 2.45) is 5.92 Å². The summed E-state index contributed by atoms with van der Waals surface area (Å²) in [7, 11) is 0. The van der Waals surface area contributed by atoms with Gasteiger partial charge >= 0.3 is 5.97 Å². The molecule has 0 radical (unpaired) electrons. The minimum Gasteiger partial charge on any atom is -0.481 e. The highest BCUT2D eigenvalue weighted by molar-refractivity contribution is 7.08. The Hall–Kier alpha value is -1.69. The van der Waals surface area contributed by atoms with E-state index in [4.69, 9.17) is 4.52 Å². The van der Waals surface area contributed by atoms with Gasteiger partial charge in [-0.15, -0.1) is 0 Å². The third-order valence-electron chi connectivity index (χ3n) is 3.69. The van der Waals surface area contributed by atoms with Gasteiger partial charge in [-0.2, -0.15) is 16.3 Å². The van der Waals surface area contributed by atoms with E-state index in [0.717, 1.165) is 24.0 Å². The number of thiophene rings is 1. The summed E-state index contributed by atoms with van der Waals surface area (Å²) in [5.41, 5.74) is 2.07. The fourth-order valence-corrected chi connectivity index (χ4v) is 3.46. The van der Waals surface area contributed by atoms with E-state index in [0.29, 0.717) is 18.1 Å². The lowest BCUT2D eigenvalue weighted by Crippen LogP contribution is -2.17. The van der Waals surface area contributed by atoms with E-state index in [1.54, 1.807) is 11.3 Å². The largest absolute Gasteiger partial charge is 0.481 e. The molecule has 0 spiro atoms. The van der Waals surface area contributed by atoms with E-state index in [1.165, 1.54) is 0 Å². The fourth-order valence-electron chi connectivity index (χ4n) is 2.64. The first-order valence-electron chi connectivity index (χ1n) is 6.26. The molecule has 1 fully saturated rings. The Morgan fingerprint density at radius 2 is 2.32 bits per heavy atom. The van der Waals surface area contributed by atoms with Gasteiger partial charge < -0.3 is 9.63 Å². The van der Waals surface area contributed by atoms with Gasteiger partial charge in [0.2, 0.25) is 11.7 Å². The van der Waals surface area contributed by atoms with E-state index in [-0.39, 0.29) is 5.92 Å². The summed E-state index contributed by atoms with van der Waals surface area (Å²) in [5, 5.41) is 17.2. The molecule has 2 atom stereocenters. The molecule has 0 saturated heterocycles. The van der Waals surface area contributed by atoms with Crippen molar-refractivity contribution in [1.82, 2.24) is 10.1 Å². The van der Waals surface area contributed by atoms with E-state index in [2.05, 4.69) is 10.1 Å². The van der Waals surface area contributed by atoms with Crippen LogP contribution in [0.5, 0.6) is 0 Å². The van der Waals surface area contributed by atoms with Crippen LogP contribution >= 0.6 is 11.3 Å². The molecule has 0 aliphatic heterocycles. The Balaban J connectivity index is 1.89. The summed E-state index contributed by atoms with van der Waals surface area (Å²) in [5.74, 6) is -0.279. The average molecular weight is 278 g/mol. The summed E-state index contributed by atoms with van der Waals surface area (Å²) in [6.45, 7) is 2.00. The molecule has 0 aromatic carbocycles. The highest BCUT2D eigenvalue weighted by atomic mass is 32.1. The number of nitrogens with zero attached hydrogens (tertiary/aromatic N) is 2. The molecule has 1 aliphatic rings. The molecule has 100 valence electrons. The second-order valence-corrected chi connectivity index (χ2v) is 5.65. The molecule has 3 rings (SSSR count). The lowest BCUT2D eigenvalue weighted by molar-refractivity contribution is -0.142. The second-order valence-electron chi connectivity index (χ2n) is 4.91. The molecule has 0 amide bonds. The SMILES string of the molecule is Cc1cscc1-c1noc(C2CCCC2C(=O)O)n1. The molecule has 1 N–H and O–H groups in total. The number of carboxylic acids is 1. The maximum atomic E-state index is 11.2. The van der Waals surface area contributed by atoms with Crippen molar-refractivity contribution < 1.29 is 14.4 Å². The number of carbonyl (C=O) groups is 1. The minimum atomic E-state index is -0.769. The normalized spacial score (nSPS) is 22.8. The molecule has 2 unspecified atom stereocenters. The third-order valence-corrected chi connectivity index (χ3v) is 4.55. The van der Waals surface area contributed by atoms with Gasteiger partial charge in [-0.25, -0.2) is 0 Å². The first-order chi connectivity index (χ1) is 9.16. The highest BCUT2D eigenvalue weighted by Crippen LogP contribution is 2.39. The standard InChI is InChI=1S/C13H14N2O3S/c1-7-5-19-6-10(7)11-14-12(18-15-11)8-3-2-4-9(8)13(16)17/h5-6,8-9H,2-4H2,1H3,(H,16,17). The summed E-state index contributed by atoms with van der Waals surface area (Å²) < 4.78 is 5.29. The van der Waals surface area contributed by atoms with E-state index < -0.39 is 11.9 Å². The third kappa shape index (κ3) is 2.16.